The Kier molecular flexibility index (Phi) is 3.78. The Morgan fingerprint density at radius 2 is 1.82 bits per heavy atom. The molecule has 0 saturated carbocycles. The third-order valence-electron chi connectivity index (χ3n) is 3.37. The molecule has 1 aliphatic rings. The summed E-state index contributed by atoms with van der Waals surface area (Å²) in [5.41, 5.74) is 1.06. The number of esters is 1. The molecule has 0 bridgehead atoms. The highest BCUT2D eigenvalue weighted by Crippen LogP contribution is 2.33. The van der Waals surface area contributed by atoms with E-state index in [1.165, 1.54) is 7.11 Å². The highest BCUT2D eigenvalue weighted by atomic mass is 16.6. The zero-order chi connectivity index (χ0) is 15.5. The van der Waals surface area contributed by atoms with Crippen molar-refractivity contribution in [1.82, 2.24) is 0 Å². The topological polar surface area (TPSA) is 61.8 Å². The maximum absolute atomic E-state index is 12.4. The molecule has 5 nitrogen and oxygen atoms in total. The van der Waals surface area contributed by atoms with E-state index in [1.54, 1.807) is 42.5 Å². The van der Waals surface area contributed by atoms with Crippen molar-refractivity contribution >= 4 is 11.8 Å². The van der Waals surface area contributed by atoms with Gasteiger partial charge in [-0.3, -0.25) is 4.79 Å². The first kappa shape index (κ1) is 14.1. The molecule has 0 saturated heterocycles. The first-order valence-corrected chi connectivity index (χ1v) is 6.80. The second-order valence-corrected chi connectivity index (χ2v) is 4.80. The summed E-state index contributed by atoms with van der Waals surface area (Å²) in [6.07, 6.45) is -0.820. The fraction of sp³-hybridized carbons (Fsp3) is 0.176. The van der Waals surface area contributed by atoms with Crippen LogP contribution in [0.5, 0.6) is 11.5 Å². The first-order valence-electron chi connectivity index (χ1n) is 6.80. The van der Waals surface area contributed by atoms with E-state index in [9.17, 15) is 9.59 Å². The monoisotopic (exact) mass is 298 g/mol. The number of fused-ring (bicyclic) bond motifs is 1. The van der Waals surface area contributed by atoms with Crippen molar-refractivity contribution < 1.29 is 23.8 Å². The highest BCUT2D eigenvalue weighted by molar-refractivity contribution is 6.09. The van der Waals surface area contributed by atoms with Gasteiger partial charge in [0.2, 0.25) is 6.10 Å². The molecule has 3 rings (SSSR count). The zero-order valence-corrected chi connectivity index (χ0v) is 11.9. The molecule has 0 amide bonds. The third-order valence-corrected chi connectivity index (χ3v) is 3.37. The predicted molar refractivity (Wildman–Crippen MR) is 78.2 cm³/mol. The van der Waals surface area contributed by atoms with Gasteiger partial charge in [0.15, 0.2) is 17.3 Å². The van der Waals surface area contributed by atoms with Crippen LogP contribution in [0, 0.1) is 0 Å². The van der Waals surface area contributed by atoms with Gasteiger partial charge in [-0.1, -0.05) is 30.3 Å². The van der Waals surface area contributed by atoms with E-state index in [0.29, 0.717) is 22.6 Å². The number of ether oxygens (including phenoxy) is 3. The number of benzene rings is 2. The Morgan fingerprint density at radius 3 is 2.55 bits per heavy atom. The molecule has 2 aromatic carbocycles. The minimum atomic E-state index is -0.820. The summed E-state index contributed by atoms with van der Waals surface area (Å²) in [7, 11) is 1.29. The standard InChI is InChI=1S/C17H14O5/c1-20-17(19)15-10-21-13-8-7-12(9-14(13)22-15)16(18)11-5-3-2-4-6-11/h2-9,15H,10H2,1H3. The largest absolute Gasteiger partial charge is 0.485 e. The van der Waals surface area contributed by atoms with Gasteiger partial charge >= 0.3 is 5.97 Å². The number of carbonyl (C=O) groups excluding carboxylic acids is 2. The minimum absolute atomic E-state index is 0.0889. The van der Waals surface area contributed by atoms with Crippen LogP contribution in [0.2, 0.25) is 0 Å². The molecule has 5 heteroatoms. The Labute approximate surface area is 127 Å². The van der Waals surface area contributed by atoms with E-state index in [1.807, 2.05) is 6.07 Å². The minimum Gasteiger partial charge on any atom is -0.485 e. The summed E-state index contributed by atoms with van der Waals surface area (Å²) < 4.78 is 15.7. The molecule has 1 heterocycles. The second-order valence-electron chi connectivity index (χ2n) is 4.80. The lowest BCUT2D eigenvalue weighted by atomic mass is 10.0. The van der Waals surface area contributed by atoms with E-state index in [2.05, 4.69) is 4.74 Å². The lowest BCUT2D eigenvalue weighted by molar-refractivity contribution is -0.151. The van der Waals surface area contributed by atoms with Gasteiger partial charge in [0.25, 0.3) is 0 Å². The van der Waals surface area contributed by atoms with E-state index < -0.39 is 12.1 Å². The maximum Gasteiger partial charge on any atom is 0.350 e. The van der Waals surface area contributed by atoms with Crippen LogP contribution in [0.3, 0.4) is 0 Å². The van der Waals surface area contributed by atoms with Gasteiger partial charge < -0.3 is 14.2 Å². The van der Waals surface area contributed by atoms with Gasteiger partial charge in [-0.15, -0.1) is 0 Å². The van der Waals surface area contributed by atoms with Crippen LogP contribution in [-0.2, 0) is 9.53 Å². The number of rotatable bonds is 3. The fourth-order valence-corrected chi connectivity index (χ4v) is 2.22. The normalized spacial score (nSPS) is 16.0. The molecule has 0 fully saturated rings. The molecule has 0 radical (unpaired) electrons. The van der Waals surface area contributed by atoms with Crippen LogP contribution >= 0.6 is 0 Å². The third kappa shape index (κ3) is 2.65. The van der Waals surface area contributed by atoms with Crippen LogP contribution in [0.25, 0.3) is 0 Å². The molecule has 1 unspecified atom stereocenters. The Bertz CT molecular complexity index is 708. The van der Waals surface area contributed by atoms with E-state index >= 15 is 0 Å². The molecule has 0 spiro atoms. The predicted octanol–water partition coefficient (Wildman–Crippen LogP) is 2.23. The summed E-state index contributed by atoms with van der Waals surface area (Å²) in [5, 5.41) is 0. The molecular formula is C17H14O5. The molecule has 0 N–H and O–H groups in total. The number of methoxy groups -OCH3 is 1. The average Bonchev–Trinajstić information content (AvgIpc) is 2.60. The van der Waals surface area contributed by atoms with Gasteiger partial charge in [0.05, 0.1) is 7.11 Å². The van der Waals surface area contributed by atoms with Gasteiger partial charge in [0.1, 0.15) is 6.61 Å². The quantitative estimate of drug-likeness (QED) is 0.642. The molecule has 2 aromatic rings. The summed E-state index contributed by atoms with van der Waals surface area (Å²) in [4.78, 5) is 23.9. The van der Waals surface area contributed by atoms with Crippen LogP contribution in [0.1, 0.15) is 15.9 Å². The second kappa shape index (κ2) is 5.89. The van der Waals surface area contributed by atoms with Gasteiger partial charge in [-0.25, -0.2) is 4.79 Å². The molecule has 1 atom stereocenters. The van der Waals surface area contributed by atoms with E-state index in [0.717, 1.165) is 0 Å². The number of hydrogen-bond donors (Lipinski definition) is 0. The molecular weight excluding hydrogens is 284 g/mol. The molecule has 0 aliphatic carbocycles. The van der Waals surface area contributed by atoms with Crippen molar-refractivity contribution in [3.05, 3.63) is 59.7 Å². The van der Waals surface area contributed by atoms with Crippen molar-refractivity contribution in [2.75, 3.05) is 13.7 Å². The lowest BCUT2D eigenvalue weighted by Crippen LogP contribution is -2.37. The molecule has 0 aromatic heterocycles. The zero-order valence-electron chi connectivity index (χ0n) is 11.9. The summed E-state index contributed by atoms with van der Waals surface area (Å²) in [6.45, 7) is 0.0889. The SMILES string of the molecule is COC(=O)C1COc2ccc(C(=O)c3ccccc3)cc2O1. The first-order chi connectivity index (χ1) is 10.7. The van der Waals surface area contributed by atoms with Crippen molar-refractivity contribution in [2.45, 2.75) is 6.10 Å². The van der Waals surface area contributed by atoms with Crippen molar-refractivity contribution in [3.63, 3.8) is 0 Å². The van der Waals surface area contributed by atoms with Crippen LogP contribution in [-0.4, -0.2) is 31.6 Å². The van der Waals surface area contributed by atoms with Crippen molar-refractivity contribution in [2.24, 2.45) is 0 Å². The number of hydrogen-bond acceptors (Lipinski definition) is 5. The van der Waals surface area contributed by atoms with Crippen molar-refractivity contribution in [3.8, 4) is 11.5 Å². The van der Waals surface area contributed by atoms with E-state index in [-0.39, 0.29) is 12.4 Å². The highest BCUT2D eigenvalue weighted by Gasteiger charge is 2.28. The van der Waals surface area contributed by atoms with Crippen molar-refractivity contribution in [1.29, 1.82) is 0 Å². The molecule has 1 aliphatic heterocycles. The Morgan fingerprint density at radius 1 is 1.05 bits per heavy atom. The fourth-order valence-electron chi connectivity index (χ4n) is 2.22. The van der Waals surface area contributed by atoms with Gasteiger partial charge in [-0.05, 0) is 18.2 Å². The number of ketones is 1. The average molecular weight is 298 g/mol. The molecule has 22 heavy (non-hydrogen) atoms. The Balaban J connectivity index is 1.88. The molecule has 112 valence electrons. The summed E-state index contributed by atoms with van der Waals surface area (Å²) in [5.74, 6) is 0.242. The lowest BCUT2D eigenvalue weighted by Gasteiger charge is -2.25. The Hall–Kier alpha value is -2.82. The summed E-state index contributed by atoms with van der Waals surface area (Å²) in [6, 6.07) is 13.9. The van der Waals surface area contributed by atoms with Crippen LogP contribution in [0.4, 0.5) is 0 Å². The van der Waals surface area contributed by atoms with E-state index in [4.69, 9.17) is 9.47 Å². The maximum atomic E-state index is 12.4. The number of carbonyl (C=O) groups is 2. The summed E-state index contributed by atoms with van der Waals surface area (Å²) >= 11 is 0. The smallest absolute Gasteiger partial charge is 0.350 e. The van der Waals surface area contributed by atoms with Gasteiger partial charge in [0, 0.05) is 11.1 Å². The van der Waals surface area contributed by atoms with Crippen LogP contribution < -0.4 is 9.47 Å². The van der Waals surface area contributed by atoms with Gasteiger partial charge in [-0.2, -0.15) is 0 Å². The van der Waals surface area contributed by atoms with Crippen LogP contribution in [0.15, 0.2) is 48.5 Å².